The smallest absolute Gasteiger partial charge is 0.376 e. The molecule has 1 N–H and O–H groups in total. The standard InChI is InChI=1S/C17H26NO6P/c1-4-22-17(19)13(2)23-25(3,20)24-16-7-5-6-14(11-16)10-15-8-9-21-12-18-15/h5-7,11,13,15,18H,4,8-10,12H2,1-3H3. The minimum atomic E-state index is -3.45. The second kappa shape index (κ2) is 9.34. The number of ether oxygens (including phenoxy) is 2. The van der Waals surface area contributed by atoms with E-state index in [2.05, 4.69) is 5.32 Å². The van der Waals surface area contributed by atoms with Crippen molar-refractivity contribution in [2.75, 3.05) is 26.6 Å². The van der Waals surface area contributed by atoms with E-state index in [0.717, 1.165) is 25.0 Å². The summed E-state index contributed by atoms with van der Waals surface area (Å²) in [6.07, 6.45) is 0.817. The Balaban J connectivity index is 1.95. The number of carbonyl (C=O) groups excluding carboxylic acids is 1. The largest absolute Gasteiger partial charge is 0.464 e. The normalized spacial score (nSPS) is 21.2. The first-order valence-corrected chi connectivity index (χ1v) is 10.4. The Bertz CT molecular complexity index is 617. The molecule has 25 heavy (non-hydrogen) atoms. The van der Waals surface area contributed by atoms with Crippen molar-refractivity contribution in [2.24, 2.45) is 0 Å². The fraction of sp³-hybridized carbons (Fsp3) is 0.588. The van der Waals surface area contributed by atoms with E-state index in [1.165, 1.54) is 13.6 Å². The van der Waals surface area contributed by atoms with E-state index >= 15 is 0 Å². The van der Waals surface area contributed by atoms with Crippen LogP contribution in [0.4, 0.5) is 0 Å². The molecule has 0 amide bonds. The molecule has 1 aromatic carbocycles. The van der Waals surface area contributed by atoms with Crippen LogP contribution < -0.4 is 9.84 Å². The molecule has 0 saturated carbocycles. The van der Waals surface area contributed by atoms with Gasteiger partial charge in [-0.1, -0.05) is 12.1 Å². The van der Waals surface area contributed by atoms with Crippen LogP contribution in [0.25, 0.3) is 0 Å². The summed E-state index contributed by atoms with van der Waals surface area (Å²) in [7, 11) is -3.45. The van der Waals surface area contributed by atoms with Crippen molar-refractivity contribution in [3.8, 4) is 5.75 Å². The summed E-state index contributed by atoms with van der Waals surface area (Å²) < 4.78 is 33.4. The molecule has 2 rings (SSSR count). The summed E-state index contributed by atoms with van der Waals surface area (Å²) in [5, 5.41) is 3.29. The molecular weight excluding hydrogens is 345 g/mol. The highest BCUT2D eigenvalue weighted by Gasteiger charge is 2.27. The fourth-order valence-electron chi connectivity index (χ4n) is 2.57. The molecule has 0 aliphatic carbocycles. The first kappa shape index (κ1) is 19.9. The van der Waals surface area contributed by atoms with Crippen molar-refractivity contribution < 1.29 is 27.9 Å². The molecule has 7 nitrogen and oxygen atoms in total. The monoisotopic (exact) mass is 371 g/mol. The predicted molar refractivity (Wildman–Crippen MR) is 93.8 cm³/mol. The maximum absolute atomic E-state index is 12.5. The number of nitrogens with one attached hydrogen (secondary N) is 1. The molecule has 0 bridgehead atoms. The lowest BCUT2D eigenvalue weighted by Crippen LogP contribution is -2.38. The lowest BCUT2D eigenvalue weighted by atomic mass is 10.0. The number of esters is 1. The molecule has 1 saturated heterocycles. The van der Waals surface area contributed by atoms with E-state index in [4.69, 9.17) is 18.5 Å². The Morgan fingerprint density at radius 1 is 1.48 bits per heavy atom. The van der Waals surface area contributed by atoms with Gasteiger partial charge in [-0.25, -0.2) is 9.36 Å². The molecule has 140 valence electrons. The Hall–Kier alpha value is -1.40. The molecule has 1 aromatic rings. The molecule has 1 aliphatic heterocycles. The van der Waals surface area contributed by atoms with Gasteiger partial charge in [0.2, 0.25) is 0 Å². The van der Waals surface area contributed by atoms with E-state index in [1.807, 2.05) is 18.2 Å². The van der Waals surface area contributed by atoms with Crippen molar-refractivity contribution in [3.05, 3.63) is 29.8 Å². The van der Waals surface area contributed by atoms with Crippen molar-refractivity contribution in [1.29, 1.82) is 0 Å². The van der Waals surface area contributed by atoms with Gasteiger partial charge in [0, 0.05) is 19.3 Å². The maximum Gasteiger partial charge on any atom is 0.376 e. The van der Waals surface area contributed by atoms with Gasteiger partial charge in [0.15, 0.2) is 6.10 Å². The van der Waals surface area contributed by atoms with Gasteiger partial charge in [-0.15, -0.1) is 0 Å². The highest BCUT2D eigenvalue weighted by atomic mass is 31.2. The Morgan fingerprint density at radius 3 is 2.96 bits per heavy atom. The zero-order valence-electron chi connectivity index (χ0n) is 14.9. The predicted octanol–water partition coefficient (Wildman–Crippen LogP) is 2.74. The average Bonchev–Trinajstić information content (AvgIpc) is 2.55. The first-order valence-electron chi connectivity index (χ1n) is 8.42. The number of hydrogen-bond acceptors (Lipinski definition) is 7. The van der Waals surface area contributed by atoms with Crippen LogP contribution in [0.5, 0.6) is 5.75 Å². The molecule has 8 heteroatoms. The van der Waals surface area contributed by atoms with Gasteiger partial charge in [0.05, 0.1) is 13.3 Å². The van der Waals surface area contributed by atoms with Crippen LogP contribution in [0.2, 0.25) is 0 Å². The van der Waals surface area contributed by atoms with Crippen molar-refractivity contribution in [3.63, 3.8) is 0 Å². The zero-order valence-corrected chi connectivity index (χ0v) is 15.8. The van der Waals surface area contributed by atoms with E-state index in [9.17, 15) is 9.36 Å². The molecular formula is C17H26NO6P. The first-order chi connectivity index (χ1) is 11.9. The third kappa shape index (κ3) is 6.78. The second-order valence-electron chi connectivity index (χ2n) is 5.96. The lowest BCUT2D eigenvalue weighted by Gasteiger charge is -2.24. The molecule has 3 unspecified atom stereocenters. The van der Waals surface area contributed by atoms with Crippen molar-refractivity contribution in [1.82, 2.24) is 5.32 Å². The molecule has 1 aliphatic rings. The maximum atomic E-state index is 12.5. The highest BCUT2D eigenvalue weighted by Crippen LogP contribution is 2.45. The van der Waals surface area contributed by atoms with Crippen LogP contribution in [0.3, 0.4) is 0 Å². The number of hydrogen-bond donors (Lipinski definition) is 1. The summed E-state index contributed by atoms with van der Waals surface area (Å²) in [6.45, 7) is 6.08. The topological polar surface area (TPSA) is 83.1 Å². The van der Waals surface area contributed by atoms with Crippen LogP contribution in [0, 0.1) is 0 Å². The molecule has 1 heterocycles. The van der Waals surface area contributed by atoms with Gasteiger partial charge in [-0.2, -0.15) is 0 Å². The summed E-state index contributed by atoms with van der Waals surface area (Å²) in [6, 6.07) is 7.74. The summed E-state index contributed by atoms with van der Waals surface area (Å²) in [4.78, 5) is 11.6. The lowest BCUT2D eigenvalue weighted by molar-refractivity contribution is -0.150. The molecule has 0 spiro atoms. The number of benzene rings is 1. The Morgan fingerprint density at radius 2 is 2.28 bits per heavy atom. The van der Waals surface area contributed by atoms with Crippen molar-refractivity contribution >= 4 is 13.6 Å². The van der Waals surface area contributed by atoms with E-state index in [0.29, 0.717) is 18.5 Å². The third-order valence-electron chi connectivity index (χ3n) is 3.70. The third-order valence-corrected chi connectivity index (χ3v) is 4.95. The SMILES string of the molecule is CCOC(=O)C(C)OP(C)(=O)Oc1cccc(CC2CCOCN2)c1. The molecule has 0 radical (unpaired) electrons. The fourth-order valence-corrected chi connectivity index (χ4v) is 3.77. The highest BCUT2D eigenvalue weighted by molar-refractivity contribution is 7.53. The van der Waals surface area contributed by atoms with Gasteiger partial charge in [-0.05, 0) is 44.4 Å². The van der Waals surface area contributed by atoms with Crippen LogP contribution in [0.15, 0.2) is 24.3 Å². The van der Waals surface area contributed by atoms with Crippen LogP contribution in [0.1, 0.15) is 25.8 Å². The van der Waals surface area contributed by atoms with Gasteiger partial charge in [0.1, 0.15) is 5.75 Å². The Labute approximate surface area is 148 Å². The van der Waals surface area contributed by atoms with E-state index < -0.39 is 19.7 Å². The number of rotatable bonds is 8. The second-order valence-corrected chi connectivity index (χ2v) is 7.89. The van der Waals surface area contributed by atoms with Crippen LogP contribution >= 0.6 is 7.60 Å². The zero-order chi connectivity index (χ0) is 18.3. The summed E-state index contributed by atoms with van der Waals surface area (Å²) >= 11 is 0. The molecule has 1 fully saturated rings. The van der Waals surface area contributed by atoms with E-state index in [1.54, 1.807) is 13.0 Å². The average molecular weight is 371 g/mol. The molecule has 0 aromatic heterocycles. The van der Waals surface area contributed by atoms with Gasteiger partial charge in [0.25, 0.3) is 0 Å². The molecule has 3 atom stereocenters. The van der Waals surface area contributed by atoms with Gasteiger partial charge >= 0.3 is 13.6 Å². The summed E-state index contributed by atoms with van der Waals surface area (Å²) in [5.74, 6) is -0.112. The minimum absolute atomic E-state index is 0.240. The summed E-state index contributed by atoms with van der Waals surface area (Å²) in [5.41, 5.74) is 1.07. The van der Waals surface area contributed by atoms with Crippen LogP contribution in [-0.2, 0) is 29.8 Å². The minimum Gasteiger partial charge on any atom is -0.464 e. The Kier molecular flexibility index (Phi) is 7.44. The van der Waals surface area contributed by atoms with Crippen molar-refractivity contribution in [2.45, 2.75) is 38.8 Å². The van der Waals surface area contributed by atoms with Crippen LogP contribution in [-0.4, -0.2) is 44.7 Å². The van der Waals surface area contributed by atoms with Gasteiger partial charge in [-0.3, -0.25) is 9.84 Å². The van der Waals surface area contributed by atoms with E-state index in [-0.39, 0.29) is 6.61 Å². The number of carbonyl (C=O) groups is 1. The van der Waals surface area contributed by atoms with Gasteiger partial charge < -0.3 is 14.0 Å². The quantitative estimate of drug-likeness (QED) is 0.556.